The van der Waals surface area contributed by atoms with E-state index < -0.39 is 0 Å². The van der Waals surface area contributed by atoms with Crippen LogP contribution in [-0.2, 0) is 16.0 Å². The third-order valence-corrected chi connectivity index (χ3v) is 8.14. The molecule has 0 radical (unpaired) electrons. The Kier molecular flexibility index (Phi) is 5.36. The summed E-state index contributed by atoms with van der Waals surface area (Å²) in [6, 6.07) is 10.8. The number of carbonyl (C=O) groups excluding carboxylic acids is 2. The second kappa shape index (κ2) is 8.12. The first-order valence-electron chi connectivity index (χ1n) is 11.8. The topological polar surface area (TPSA) is 49.4 Å². The molecule has 4 saturated carbocycles. The van der Waals surface area contributed by atoms with E-state index in [-0.39, 0.29) is 17.7 Å². The highest BCUT2D eigenvalue weighted by Crippen LogP contribution is 2.53. The minimum absolute atomic E-state index is 0.0263. The molecule has 1 aromatic carbocycles. The van der Waals surface area contributed by atoms with E-state index in [1.807, 2.05) is 11.0 Å². The first-order valence-corrected chi connectivity index (χ1v) is 11.8. The van der Waals surface area contributed by atoms with Crippen molar-refractivity contribution in [1.82, 2.24) is 10.2 Å². The zero-order valence-electron chi connectivity index (χ0n) is 17.4. The normalized spacial score (nSPS) is 35.7. The Hall–Kier alpha value is -1.84. The van der Waals surface area contributed by atoms with Gasteiger partial charge in [-0.25, -0.2) is 0 Å². The first kappa shape index (κ1) is 19.1. The summed E-state index contributed by atoms with van der Waals surface area (Å²) in [5.41, 5.74) is 1.31. The van der Waals surface area contributed by atoms with E-state index in [4.69, 9.17) is 0 Å². The van der Waals surface area contributed by atoms with E-state index in [1.54, 1.807) is 0 Å². The van der Waals surface area contributed by atoms with Crippen LogP contribution in [0.5, 0.6) is 0 Å². The highest BCUT2D eigenvalue weighted by atomic mass is 16.2. The number of amides is 2. The molecule has 4 nitrogen and oxygen atoms in total. The average Bonchev–Trinajstić information content (AvgIpc) is 2.72. The highest BCUT2D eigenvalue weighted by Gasteiger charge is 2.49. The van der Waals surface area contributed by atoms with E-state index in [9.17, 15) is 9.59 Å². The maximum Gasteiger partial charge on any atom is 0.225 e. The Morgan fingerprint density at radius 1 is 1.00 bits per heavy atom. The molecular weight excluding hydrogens is 360 g/mol. The third kappa shape index (κ3) is 4.08. The van der Waals surface area contributed by atoms with Gasteiger partial charge in [-0.2, -0.15) is 0 Å². The number of hydrogen-bond donors (Lipinski definition) is 1. The summed E-state index contributed by atoms with van der Waals surface area (Å²) >= 11 is 0. The fourth-order valence-corrected chi connectivity index (χ4v) is 6.91. The predicted molar refractivity (Wildman–Crippen MR) is 113 cm³/mol. The fourth-order valence-electron chi connectivity index (χ4n) is 6.91. The number of carbonyl (C=O) groups is 2. The number of aryl methyl sites for hydroxylation is 1. The molecule has 156 valence electrons. The third-order valence-electron chi connectivity index (χ3n) is 8.14. The van der Waals surface area contributed by atoms with Crippen LogP contribution in [0.1, 0.15) is 56.9 Å². The van der Waals surface area contributed by atoms with Gasteiger partial charge in [0.15, 0.2) is 0 Å². The first-order chi connectivity index (χ1) is 14.2. The molecule has 0 aromatic heterocycles. The molecule has 1 aliphatic heterocycles. The second-order valence-electron chi connectivity index (χ2n) is 10.1. The monoisotopic (exact) mass is 394 g/mol. The van der Waals surface area contributed by atoms with Gasteiger partial charge in [0.1, 0.15) is 0 Å². The Morgan fingerprint density at radius 3 is 2.38 bits per heavy atom. The van der Waals surface area contributed by atoms with Crippen LogP contribution in [0.2, 0.25) is 0 Å². The standard InChI is InChI=1S/C25H34N2O2/c28-23-9-8-20(16-27(23)10-4-7-17-5-2-1-3-6-17)25(29)26-24-21-12-18-11-19(14-21)15-22(24)13-18/h1-3,5-6,18-22,24H,4,7-16H2,(H,26,29). The molecule has 4 heteroatoms. The van der Waals surface area contributed by atoms with Gasteiger partial charge in [0, 0.05) is 25.6 Å². The number of rotatable bonds is 6. The van der Waals surface area contributed by atoms with Gasteiger partial charge >= 0.3 is 0 Å². The summed E-state index contributed by atoms with van der Waals surface area (Å²) in [5.74, 6) is 3.68. The predicted octanol–water partition coefficient (Wildman–Crippen LogP) is 3.80. The molecule has 2 amide bonds. The highest BCUT2D eigenvalue weighted by molar-refractivity contribution is 5.84. The van der Waals surface area contributed by atoms with Crippen LogP contribution < -0.4 is 5.32 Å². The Bertz CT molecular complexity index is 718. The smallest absolute Gasteiger partial charge is 0.225 e. The molecule has 0 spiro atoms. The lowest BCUT2D eigenvalue weighted by atomic mass is 9.54. The summed E-state index contributed by atoms with van der Waals surface area (Å²) in [7, 11) is 0. The average molecular weight is 395 g/mol. The fraction of sp³-hybridized carbons (Fsp3) is 0.680. The molecule has 1 aromatic rings. The van der Waals surface area contributed by atoms with Gasteiger partial charge in [-0.15, -0.1) is 0 Å². The van der Waals surface area contributed by atoms with Gasteiger partial charge in [0.05, 0.1) is 5.92 Å². The number of hydrogen-bond acceptors (Lipinski definition) is 2. The summed E-state index contributed by atoms with van der Waals surface area (Å²) in [5, 5.41) is 3.47. The Labute approximate surface area is 174 Å². The molecular formula is C25H34N2O2. The summed E-state index contributed by atoms with van der Waals surface area (Å²) < 4.78 is 0. The minimum Gasteiger partial charge on any atom is -0.353 e. The quantitative estimate of drug-likeness (QED) is 0.798. The van der Waals surface area contributed by atoms with Crippen molar-refractivity contribution < 1.29 is 9.59 Å². The van der Waals surface area contributed by atoms with E-state index in [1.165, 1.54) is 37.7 Å². The maximum absolute atomic E-state index is 13.1. The lowest BCUT2D eigenvalue weighted by Crippen LogP contribution is -2.57. The number of likely N-dealkylation sites (tertiary alicyclic amines) is 1. The van der Waals surface area contributed by atoms with Crippen molar-refractivity contribution in [3.63, 3.8) is 0 Å². The van der Waals surface area contributed by atoms with Crippen LogP contribution in [0.4, 0.5) is 0 Å². The lowest BCUT2D eigenvalue weighted by molar-refractivity contribution is -0.139. The van der Waals surface area contributed by atoms with Crippen molar-refractivity contribution in [2.75, 3.05) is 13.1 Å². The van der Waals surface area contributed by atoms with Crippen molar-refractivity contribution in [3.05, 3.63) is 35.9 Å². The number of piperidine rings is 1. The van der Waals surface area contributed by atoms with Gasteiger partial charge in [0.25, 0.3) is 0 Å². The summed E-state index contributed by atoms with van der Waals surface area (Å²) in [6.45, 7) is 1.36. The number of nitrogens with one attached hydrogen (secondary N) is 1. The molecule has 1 atom stereocenters. The van der Waals surface area contributed by atoms with Gasteiger partial charge in [-0.3, -0.25) is 9.59 Å². The largest absolute Gasteiger partial charge is 0.353 e. The van der Waals surface area contributed by atoms with Crippen molar-refractivity contribution in [2.24, 2.45) is 29.6 Å². The molecule has 1 heterocycles. The SMILES string of the molecule is O=C(NC1C2CC3CC(C2)CC1C3)C1CCC(=O)N(CCCc2ccccc2)C1. The second-order valence-corrected chi connectivity index (χ2v) is 10.1. The molecule has 1 unspecified atom stereocenters. The van der Waals surface area contributed by atoms with E-state index >= 15 is 0 Å². The molecule has 5 aliphatic rings. The molecule has 1 saturated heterocycles. The van der Waals surface area contributed by atoms with Crippen molar-refractivity contribution in [1.29, 1.82) is 0 Å². The van der Waals surface area contributed by atoms with Crippen molar-refractivity contribution in [3.8, 4) is 0 Å². The molecule has 29 heavy (non-hydrogen) atoms. The van der Waals surface area contributed by atoms with Crippen LogP contribution in [-0.4, -0.2) is 35.8 Å². The number of benzene rings is 1. The van der Waals surface area contributed by atoms with Crippen LogP contribution in [0.15, 0.2) is 30.3 Å². The minimum atomic E-state index is -0.0263. The van der Waals surface area contributed by atoms with Crippen LogP contribution >= 0.6 is 0 Å². The molecule has 6 rings (SSSR count). The van der Waals surface area contributed by atoms with E-state index in [0.717, 1.165) is 31.2 Å². The summed E-state index contributed by atoms with van der Waals surface area (Å²) in [4.78, 5) is 27.4. The van der Waals surface area contributed by atoms with Gasteiger partial charge in [-0.1, -0.05) is 30.3 Å². The van der Waals surface area contributed by atoms with Gasteiger partial charge in [0.2, 0.25) is 11.8 Å². The molecule has 1 N–H and O–H groups in total. The van der Waals surface area contributed by atoms with Gasteiger partial charge in [-0.05, 0) is 80.6 Å². The lowest BCUT2D eigenvalue weighted by Gasteiger charge is -2.54. The van der Waals surface area contributed by atoms with Crippen LogP contribution in [0.3, 0.4) is 0 Å². The van der Waals surface area contributed by atoms with Crippen molar-refractivity contribution >= 4 is 11.8 Å². The van der Waals surface area contributed by atoms with Gasteiger partial charge < -0.3 is 10.2 Å². The zero-order valence-corrected chi connectivity index (χ0v) is 17.4. The van der Waals surface area contributed by atoms with Crippen molar-refractivity contribution in [2.45, 2.75) is 63.8 Å². The zero-order chi connectivity index (χ0) is 19.8. The van der Waals surface area contributed by atoms with Crippen LogP contribution in [0, 0.1) is 29.6 Å². The Balaban J connectivity index is 1.14. The summed E-state index contributed by atoms with van der Waals surface area (Å²) in [6.07, 6.45) is 9.92. The maximum atomic E-state index is 13.1. The Morgan fingerprint density at radius 2 is 1.69 bits per heavy atom. The molecule has 4 aliphatic carbocycles. The van der Waals surface area contributed by atoms with E-state index in [2.05, 4.69) is 29.6 Å². The molecule has 4 bridgehead atoms. The van der Waals surface area contributed by atoms with Crippen LogP contribution in [0.25, 0.3) is 0 Å². The number of nitrogens with zero attached hydrogens (tertiary/aromatic N) is 1. The molecule has 5 fully saturated rings. The van der Waals surface area contributed by atoms with E-state index in [0.29, 0.717) is 37.3 Å².